The van der Waals surface area contributed by atoms with E-state index in [0.29, 0.717) is 6.79 Å². The topological polar surface area (TPSA) is 18.5 Å². The summed E-state index contributed by atoms with van der Waals surface area (Å²) in [6, 6.07) is 10.2. The molecule has 0 amide bonds. The molecule has 0 unspecified atom stereocenters. The highest BCUT2D eigenvalue weighted by atomic mass is 16.7. The summed E-state index contributed by atoms with van der Waals surface area (Å²) >= 11 is 0. The quantitative estimate of drug-likeness (QED) is 0.765. The number of nitrogens with zero attached hydrogens (tertiary/aromatic N) is 1. The highest BCUT2D eigenvalue weighted by molar-refractivity contribution is 5.30. The van der Waals surface area contributed by atoms with Gasteiger partial charge in [0.2, 0.25) is 0 Å². The van der Waals surface area contributed by atoms with Crippen LogP contribution in [0.5, 0.6) is 0 Å². The third-order valence-electron chi connectivity index (χ3n) is 3.18. The summed E-state index contributed by atoms with van der Waals surface area (Å²) in [5, 5.41) is 0. The van der Waals surface area contributed by atoms with Gasteiger partial charge < -0.3 is 14.0 Å². The molecule has 0 spiro atoms. The molecule has 0 aliphatic carbocycles. The molecule has 1 saturated heterocycles. The summed E-state index contributed by atoms with van der Waals surface area (Å²) in [4.78, 5) is 0. The van der Waals surface area contributed by atoms with Crippen molar-refractivity contribution in [2.75, 3.05) is 34.5 Å². The van der Waals surface area contributed by atoms with Gasteiger partial charge in [-0.05, 0) is 12.5 Å². The fraction of sp³-hybridized carbons (Fsp3) is 0.467. The van der Waals surface area contributed by atoms with Crippen molar-refractivity contribution in [1.29, 1.82) is 0 Å². The van der Waals surface area contributed by atoms with E-state index in [0.717, 1.165) is 22.4 Å². The van der Waals surface area contributed by atoms with Gasteiger partial charge >= 0.3 is 0 Å². The molecule has 1 aromatic rings. The molecule has 1 aliphatic heterocycles. The van der Waals surface area contributed by atoms with Crippen molar-refractivity contribution in [2.45, 2.75) is 12.5 Å². The fourth-order valence-electron chi connectivity index (χ4n) is 2.01. The summed E-state index contributed by atoms with van der Waals surface area (Å²) in [5.41, 5.74) is 0.686. The molecule has 1 heterocycles. The van der Waals surface area contributed by atoms with Gasteiger partial charge in [-0.2, -0.15) is 0 Å². The van der Waals surface area contributed by atoms with Gasteiger partial charge in [-0.3, -0.25) is 0 Å². The van der Waals surface area contributed by atoms with Crippen molar-refractivity contribution < 1.29 is 14.0 Å². The number of hydrogen-bond acceptors (Lipinski definition) is 2. The zero-order valence-corrected chi connectivity index (χ0v) is 11.6. The van der Waals surface area contributed by atoms with Crippen LogP contribution in [0, 0.1) is 0 Å². The maximum absolute atomic E-state index is 5.81. The fourth-order valence-corrected chi connectivity index (χ4v) is 2.01. The van der Waals surface area contributed by atoms with Crippen LogP contribution in [0.3, 0.4) is 0 Å². The van der Waals surface area contributed by atoms with Crippen LogP contribution >= 0.6 is 0 Å². The number of rotatable bonds is 3. The molecular formula is C15H22NO2+. The Hall–Kier alpha value is -1.32. The first-order valence-electron chi connectivity index (χ1n) is 6.25. The molecule has 1 aliphatic rings. The molecule has 1 fully saturated rings. The second kappa shape index (κ2) is 4.75. The van der Waals surface area contributed by atoms with E-state index < -0.39 is 5.60 Å². The van der Waals surface area contributed by atoms with Crippen molar-refractivity contribution in [3.8, 4) is 0 Å². The lowest BCUT2D eigenvalue weighted by Gasteiger charge is -2.25. The first kappa shape index (κ1) is 13.1. The largest absolute Gasteiger partial charge is 0.468 e. The number of quaternary nitrogens is 1. The minimum absolute atomic E-state index is 0.328. The molecule has 0 saturated carbocycles. The van der Waals surface area contributed by atoms with Crippen molar-refractivity contribution in [2.24, 2.45) is 0 Å². The number of hydrogen-bond donors (Lipinski definition) is 0. The van der Waals surface area contributed by atoms with Crippen molar-refractivity contribution in [3.05, 3.63) is 47.7 Å². The monoisotopic (exact) mass is 248 g/mol. The predicted octanol–water partition coefficient (Wildman–Crippen LogP) is 2.50. The molecule has 3 nitrogen and oxygen atoms in total. The van der Waals surface area contributed by atoms with Crippen LogP contribution in [0.15, 0.2) is 42.2 Å². The van der Waals surface area contributed by atoms with Crippen molar-refractivity contribution in [1.82, 2.24) is 0 Å². The van der Waals surface area contributed by atoms with Gasteiger partial charge in [-0.1, -0.05) is 30.3 Å². The van der Waals surface area contributed by atoms with E-state index in [4.69, 9.17) is 9.47 Å². The lowest BCUT2D eigenvalue weighted by Crippen LogP contribution is -2.35. The van der Waals surface area contributed by atoms with E-state index in [-0.39, 0.29) is 0 Å². The molecule has 0 bridgehead atoms. The highest BCUT2D eigenvalue weighted by Crippen LogP contribution is 2.38. The molecule has 18 heavy (non-hydrogen) atoms. The number of ether oxygens (including phenoxy) is 2. The van der Waals surface area contributed by atoms with Crippen LogP contribution in [-0.2, 0) is 15.1 Å². The van der Waals surface area contributed by atoms with E-state index in [1.165, 1.54) is 0 Å². The summed E-state index contributed by atoms with van der Waals surface area (Å²) in [6.07, 6.45) is 2.14. The first-order valence-corrected chi connectivity index (χ1v) is 6.25. The van der Waals surface area contributed by atoms with Gasteiger partial charge in [0.25, 0.3) is 0 Å². The van der Waals surface area contributed by atoms with Crippen LogP contribution in [-0.4, -0.2) is 39.0 Å². The third kappa shape index (κ3) is 2.74. The molecule has 0 radical (unpaired) electrons. The predicted molar refractivity (Wildman–Crippen MR) is 71.8 cm³/mol. The minimum Gasteiger partial charge on any atom is -0.468 e. The molecule has 1 aromatic carbocycles. The molecule has 0 N–H and O–H groups in total. The van der Waals surface area contributed by atoms with Gasteiger partial charge in [0.05, 0.1) is 21.1 Å². The van der Waals surface area contributed by atoms with E-state index >= 15 is 0 Å². The highest BCUT2D eigenvalue weighted by Gasteiger charge is 2.39. The second-order valence-electron chi connectivity index (χ2n) is 5.85. The van der Waals surface area contributed by atoms with Crippen LogP contribution < -0.4 is 0 Å². The van der Waals surface area contributed by atoms with Gasteiger partial charge in [-0.25, -0.2) is 0 Å². The van der Waals surface area contributed by atoms with Gasteiger partial charge in [0, 0.05) is 6.08 Å². The molecule has 2 rings (SSSR count). The Balaban J connectivity index is 2.27. The van der Waals surface area contributed by atoms with Crippen LogP contribution in [0.25, 0.3) is 0 Å². The van der Waals surface area contributed by atoms with E-state index in [2.05, 4.69) is 46.3 Å². The second-order valence-corrected chi connectivity index (χ2v) is 5.85. The van der Waals surface area contributed by atoms with Crippen LogP contribution in [0.1, 0.15) is 12.5 Å². The Bertz CT molecular complexity index is 434. The molecule has 98 valence electrons. The van der Waals surface area contributed by atoms with Crippen LogP contribution in [0.4, 0.5) is 0 Å². The Morgan fingerprint density at radius 3 is 2.50 bits per heavy atom. The smallest absolute Gasteiger partial charge is 0.190 e. The number of likely N-dealkylation sites (N-methyl/N-ethyl adjacent to an activating group) is 1. The molecule has 0 aromatic heterocycles. The summed E-state index contributed by atoms with van der Waals surface area (Å²) in [7, 11) is 6.48. The van der Waals surface area contributed by atoms with E-state index in [9.17, 15) is 0 Å². The average Bonchev–Trinajstić information content (AvgIpc) is 2.70. The Morgan fingerprint density at radius 2 is 1.89 bits per heavy atom. The Morgan fingerprint density at radius 1 is 1.22 bits per heavy atom. The molecule has 3 heteroatoms. The third-order valence-corrected chi connectivity index (χ3v) is 3.18. The summed E-state index contributed by atoms with van der Waals surface area (Å²) in [6.45, 7) is 3.31. The lowest BCUT2D eigenvalue weighted by atomic mass is 9.93. The lowest BCUT2D eigenvalue weighted by molar-refractivity contribution is -0.864. The molecular weight excluding hydrogens is 226 g/mol. The molecule has 1 atom stereocenters. The zero-order valence-electron chi connectivity index (χ0n) is 11.6. The Labute approximate surface area is 109 Å². The maximum Gasteiger partial charge on any atom is 0.190 e. The zero-order chi connectivity index (χ0) is 13.2. The van der Waals surface area contributed by atoms with Gasteiger partial charge in [0.1, 0.15) is 12.3 Å². The van der Waals surface area contributed by atoms with Gasteiger partial charge in [0.15, 0.2) is 12.4 Å². The summed E-state index contributed by atoms with van der Waals surface area (Å²) in [5.74, 6) is 0.918. The average molecular weight is 248 g/mol. The van der Waals surface area contributed by atoms with Crippen molar-refractivity contribution >= 4 is 0 Å². The Kier molecular flexibility index (Phi) is 3.46. The minimum atomic E-state index is -0.448. The summed E-state index contributed by atoms with van der Waals surface area (Å²) < 4.78 is 12.3. The normalized spacial score (nSPS) is 26.3. The standard InChI is InChI=1S/C15H22NO2/c1-15(13-8-6-5-7-9-13)14(17-12-18-15)10-11-16(2,3)4/h5-10H,11-12H2,1-4H3/q+1/b14-10-/t15-/m1/s1. The van der Waals surface area contributed by atoms with Gasteiger partial charge in [-0.15, -0.1) is 0 Å². The number of benzene rings is 1. The first-order chi connectivity index (χ1) is 8.42. The van der Waals surface area contributed by atoms with Crippen LogP contribution in [0.2, 0.25) is 0 Å². The van der Waals surface area contributed by atoms with E-state index in [1.807, 2.05) is 18.2 Å². The van der Waals surface area contributed by atoms with E-state index in [1.54, 1.807) is 0 Å². The maximum atomic E-state index is 5.81. The SMILES string of the molecule is C[C@]1(c2ccccc2)OCO/C1=C\C[N+](C)(C)C. The van der Waals surface area contributed by atoms with Crippen molar-refractivity contribution in [3.63, 3.8) is 0 Å².